The summed E-state index contributed by atoms with van der Waals surface area (Å²) in [6.07, 6.45) is 8.45. The molecule has 7 heteroatoms. The molecule has 3 heterocycles. The van der Waals surface area contributed by atoms with Gasteiger partial charge in [0.1, 0.15) is 17.5 Å². The minimum Gasteiger partial charge on any atom is -0.463 e. The first kappa shape index (κ1) is 26.1. The average molecular weight is 527 g/mol. The van der Waals surface area contributed by atoms with Crippen LogP contribution in [0.25, 0.3) is 21.9 Å². The highest BCUT2D eigenvalue weighted by atomic mass is 32.2. The maximum absolute atomic E-state index is 12.6. The van der Waals surface area contributed by atoms with Gasteiger partial charge in [0.15, 0.2) is 0 Å². The van der Waals surface area contributed by atoms with Crippen LogP contribution in [0.4, 0.5) is 5.69 Å². The van der Waals surface area contributed by atoms with Crippen molar-refractivity contribution < 1.29 is 9.21 Å². The number of hydrogen-bond acceptors (Lipinski definition) is 5. The van der Waals surface area contributed by atoms with Crippen LogP contribution in [0.2, 0.25) is 0 Å². The number of nitrogens with zero attached hydrogens (tertiary/aromatic N) is 2. The maximum atomic E-state index is 12.6. The number of thioether (sulfide) groups is 1. The van der Waals surface area contributed by atoms with Crippen LogP contribution in [0, 0.1) is 0 Å². The number of fused-ring (bicyclic) bond motifs is 2. The van der Waals surface area contributed by atoms with E-state index in [1.807, 2.05) is 18.4 Å². The summed E-state index contributed by atoms with van der Waals surface area (Å²) in [4.78, 5) is 24.1. The highest BCUT2D eigenvalue weighted by Crippen LogP contribution is 2.30. The number of nitrogens with one attached hydrogen (secondary N) is 2. The minimum atomic E-state index is -0.201. The van der Waals surface area contributed by atoms with Gasteiger partial charge in [-0.05, 0) is 85.7 Å². The number of furan rings is 1. The van der Waals surface area contributed by atoms with E-state index >= 15 is 0 Å². The lowest BCUT2D eigenvalue weighted by atomic mass is 10.0. The largest absolute Gasteiger partial charge is 0.463 e. The van der Waals surface area contributed by atoms with Gasteiger partial charge in [0.05, 0.1) is 4.90 Å². The number of rotatable bonds is 11. The van der Waals surface area contributed by atoms with Crippen molar-refractivity contribution >= 4 is 45.2 Å². The zero-order valence-corrected chi connectivity index (χ0v) is 23.0. The van der Waals surface area contributed by atoms with Crippen molar-refractivity contribution in [2.24, 2.45) is 0 Å². The summed E-state index contributed by atoms with van der Waals surface area (Å²) in [6, 6.07) is 18.0. The number of benzene rings is 2. The molecule has 0 aliphatic heterocycles. The second-order valence-electron chi connectivity index (χ2n) is 9.43. The molecule has 2 N–H and O–H groups in total. The Labute approximate surface area is 227 Å². The summed E-state index contributed by atoms with van der Waals surface area (Å²) >= 11 is 1.72. The first-order valence-electron chi connectivity index (χ1n) is 13.2. The third-order valence-electron chi connectivity index (χ3n) is 7.17. The molecule has 0 fully saturated rings. The Bertz CT molecular complexity index is 1540. The summed E-state index contributed by atoms with van der Waals surface area (Å²) in [5.41, 5.74) is 7.18. The molecule has 0 aliphatic carbocycles. The predicted octanol–water partition coefficient (Wildman–Crippen LogP) is 6.95. The van der Waals surface area contributed by atoms with Crippen LogP contribution < -0.4 is 5.32 Å². The molecule has 6 nitrogen and oxygen atoms in total. The molecule has 38 heavy (non-hydrogen) atoms. The van der Waals surface area contributed by atoms with Gasteiger partial charge in [-0.25, -0.2) is 0 Å². The number of H-pyrrole nitrogens is 1. The molecule has 196 valence electrons. The van der Waals surface area contributed by atoms with Gasteiger partial charge in [0.2, 0.25) is 0 Å². The van der Waals surface area contributed by atoms with Gasteiger partial charge in [-0.3, -0.25) is 9.78 Å². The second-order valence-corrected chi connectivity index (χ2v) is 10.3. The van der Waals surface area contributed by atoms with Crippen molar-refractivity contribution in [2.75, 3.05) is 31.2 Å². The lowest BCUT2D eigenvalue weighted by molar-refractivity contribution is 0.102. The molecule has 0 aliphatic rings. The third-order valence-corrected chi connectivity index (χ3v) is 7.92. The molecule has 0 bridgehead atoms. The highest BCUT2D eigenvalue weighted by Gasteiger charge is 2.15. The summed E-state index contributed by atoms with van der Waals surface area (Å²) in [5, 5.41) is 5.38. The molecule has 5 aromatic rings. The quantitative estimate of drug-likeness (QED) is 0.182. The van der Waals surface area contributed by atoms with Crippen LogP contribution in [-0.2, 0) is 19.3 Å². The Balaban J connectivity index is 1.28. The number of carbonyl (C=O) groups excluding carboxylic acids is 1. The number of carbonyl (C=O) groups is 1. The number of aromatic nitrogens is 2. The number of aromatic amines is 1. The van der Waals surface area contributed by atoms with E-state index in [2.05, 4.69) is 70.6 Å². The zero-order chi connectivity index (χ0) is 26.5. The Kier molecular flexibility index (Phi) is 8.15. The van der Waals surface area contributed by atoms with Crippen molar-refractivity contribution in [3.05, 3.63) is 89.6 Å². The fraction of sp³-hybridized carbons (Fsp3) is 0.290. The zero-order valence-electron chi connectivity index (χ0n) is 22.2. The third kappa shape index (κ3) is 5.64. The van der Waals surface area contributed by atoms with Crippen molar-refractivity contribution in [2.45, 2.75) is 38.0 Å². The summed E-state index contributed by atoms with van der Waals surface area (Å²) in [5.74, 6) is -0.201. The number of hydrogen-bond donors (Lipinski definition) is 2. The van der Waals surface area contributed by atoms with Gasteiger partial charge >= 0.3 is 0 Å². The monoisotopic (exact) mass is 526 g/mol. The van der Waals surface area contributed by atoms with Gasteiger partial charge in [-0.1, -0.05) is 26.0 Å². The fourth-order valence-electron chi connectivity index (χ4n) is 5.01. The molecule has 1 amide bonds. The van der Waals surface area contributed by atoms with Crippen LogP contribution in [0.3, 0.4) is 0 Å². The molecule has 0 spiro atoms. The number of anilines is 1. The van der Waals surface area contributed by atoms with Crippen molar-refractivity contribution in [1.29, 1.82) is 0 Å². The molecular formula is C31H34N4O2S. The van der Waals surface area contributed by atoms with E-state index in [4.69, 9.17) is 4.42 Å². The van der Waals surface area contributed by atoms with E-state index in [0.717, 1.165) is 55.7 Å². The normalized spacial score (nSPS) is 11.6. The summed E-state index contributed by atoms with van der Waals surface area (Å²) in [7, 11) is 0. The van der Waals surface area contributed by atoms with Gasteiger partial charge in [-0.2, -0.15) is 0 Å². The van der Waals surface area contributed by atoms with Crippen LogP contribution in [0.15, 0.2) is 76.4 Å². The van der Waals surface area contributed by atoms with E-state index in [9.17, 15) is 4.79 Å². The topological polar surface area (TPSA) is 74.2 Å². The van der Waals surface area contributed by atoms with E-state index in [0.29, 0.717) is 5.69 Å². The van der Waals surface area contributed by atoms with E-state index in [1.165, 1.54) is 32.5 Å². The SMILES string of the molecule is CCc1[nH]c2ccc(NC(=O)c3ccccn3)cc2c1CCN(CC)CCc1ccc2occ(SC)c2c1. The molecular weight excluding hydrogens is 492 g/mol. The lowest BCUT2D eigenvalue weighted by Gasteiger charge is -2.20. The van der Waals surface area contributed by atoms with E-state index in [-0.39, 0.29) is 5.91 Å². The highest BCUT2D eigenvalue weighted by molar-refractivity contribution is 7.98. The molecule has 0 unspecified atom stereocenters. The summed E-state index contributed by atoms with van der Waals surface area (Å²) in [6.45, 7) is 7.39. The van der Waals surface area contributed by atoms with Crippen LogP contribution in [0.5, 0.6) is 0 Å². The molecule has 0 atom stereocenters. The smallest absolute Gasteiger partial charge is 0.274 e. The second kappa shape index (κ2) is 11.9. The average Bonchev–Trinajstić information content (AvgIpc) is 3.53. The standard InChI is InChI=1S/C31H34N4O2S/c1-4-26-23(24-19-22(10-11-27(24)34-26)33-31(36)28-8-6-7-15-32-28)14-17-35(5-2)16-13-21-9-12-29-25(18-21)30(38-3)20-37-29/h6-12,15,18-20,34H,4-5,13-14,16-17H2,1-3H3,(H,33,36). The Morgan fingerprint density at radius 3 is 2.68 bits per heavy atom. The van der Waals surface area contributed by atoms with Crippen LogP contribution in [-0.4, -0.2) is 46.7 Å². The summed E-state index contributed by atoms with van der Waals surface area (Å²) < 4.78 is 5.67. The van der Waals surface area contributed by atoms with Gasteiger partial charge < -0.3 is 19.6 Å². The van der Waals surface area contributed by atoms with Gasteiger partial charge in [-0.15, -0.1) is 11.8 Å². The van der Waals surface area contributed by atoms with Gasteiger partial charge in [0.25, 0.3) is 5.91 Å². The van der Waals surface area contributed by atoms with Gasteiger partial charge in [0, 0.05) is 47.0 Å². The Hall–Kier alpha value is -3.55. The number of pyridine rings is 1. The molecule has 0 saturated heterocycles. The first-order valence-corrected chi connectivity index (χ1v) is 14.4. The van der Waals surface area contributed by atoms with E-state index < -0.39 is 0 Å². The lowest BCUT2D eigenvalue weighted by Crippen LogP contribution is -2.28. The minimum absolute atomic E-state index is 0.201. The van der Waals surface area contributed by atoms with Crippen molar-refractivity contribution in [1.82, 2.24) is 14.9 Å². The Morgan fingerprint density at radius 1 is 1.05 bits per heavy atom. The molecule has 3 aromatic heterocycles. The van der Waals surface area contributed by atoms with Crippen LogP contribution in [0.1, 0.15) is 41.2 Å². The van der Waals surface area contributed by atoms with E-state index in [1.54, 1.807) is 30.1 Å². The van der Waals surface area contributed by atoms with Crippen molar-refractivity contribution in [3.63, 3.8) is 0 Å². The molecule has 2 aromatic carbocycles. The number of amides is 1. The molecule has 0 saturated carbocycles. The van der Waals surface area contributed by atoms with Crippen LogP contribution >= 0.6 is 11.8 Å². The first-order chi connectivity index (χ1) is 18.6. The Morgan fingerprint density at radius 2 is 1.92 bits per heavy atom. The predicted molar refractivity (Wildman–Crippen MR) is 157 cm³/mol. The van der Waals surface area contributed by atoms with Crippen molar-refractivity contribution in [3.8, 4) is 0 Å². The number of aryl methyl sites for hydroxylation is 1. The molecule has 0 radical (unpaired) electrons. The number of likely N-dealkylation sites (N-methyl/N-ethyl adjacent to an activating group) is 1. The molecule has 5 rings (SSSR count). The maximum Gasteiger partial charge on any atom is 0.274 e. The fourth-order valence-corrected chi connectivity index (χ4v) is 5.54.